The zero-order chi connectivity index (χ0) is 13.1. The maximum Gasteiger partial charge on any atom is 0.411 e. The molecule has 0 aromatic carbocycles. The van der Waals surface area contributed by atoms with Crippen LogP contribution in [0, 0.1) is 5.41 Å². The van der Waals surface area contributed by atoms with Gasteiger partial charge in [-0.25, -0.2) is 0 Å². The fourth-order valence-electron chi connectivity index (χ4n) is 2.39. The molecule has 0 aromatic rings. The maximum absolute atomic E-state index is 12.2. The first-order valence-electron chi connectivity index (χ1n) is 6.15. The highest BCUT2D eigenvalue weighted by atomic mass is 19.4. The monoisotopic (exact) mass is 253 g/mol. The third-order valence-electron chi connectivity index (χ3n) is 3.26. The van der Waals surface area contributed by atoms with Crippen molar-refractivity contribution in [1.82, 2.24) is 5.32 Å². The quantitative estimate of drug-likeness (QED) is 0.831. The van der Waals surface area contributed by atoms with Gasteiger partial charge in [-0.05, 0) is 31.2 Å². The fourth-order valence-corrected chi connectivity index (χ4v) is 2.39. The number of hydrogen-bond donors (Lipinski definition) is 1. The molecule has 2 atom stereocenters. The zero-order valence-electron chi connectivity index (χ0n) is 10.7. The van der Waals surface area contributed by atoms with E-state index in [1.54, 1.807) is 0 Å². The number of halogens is 3. The number of likely N-dealkylation sites (N-methyl/N-ethyl adjacent to an activating group) is 1. The fraction of sp³-hybridized carbons (Fsp3) is 1.00. The van der Waals surface area contributed by atoms with Gasteiger partial charge in [0.05, 0.1) is 6.10 Å². The number of nitrogens with one attached hydrogen (secondary N) is 1. The predicted octanol–water partition coefficient (Wildman–Crippen LogP) is 3.12. The number of ether oxygens (including phenoxy) is 1. The van der Waals surface area contributed by atoms with E-state index in [1.807, 2.05) is 6.92 Å². The van der Waals surface area contributed by atoms with E-state index >= 15 is 0 Å². The highest BCUT2D eigenvalue weighted by Crippen LogP contribution is 2.37. The summed E-state index contributed by atoms with van der Waals surface area (Å²) in [5.41, 5.74) is 0.0716. The second kappa shape index (κ2) is 5.57. The summed E-state index contributed by atoms with van der Waals surface area (Å²) >= 11 is 0. The van der Waals surface area contributed by atoms with Gasteiger partial charge >= 0.3 is 6.18 Å². The average molecular weight is 253 g/mol. The number of alkyl halides is 3. The van der Waals surface area contributed by atoms with Crippen LogP contribution in [-0.4, -0.2) is 31.5 Å². The lowest BCUT2D eigenvalue weighted by Gasteiger charge is -2.41. The molecule has 2 nitrogen and oxygen atoms in total. The molecule has 1 N–H and O–H groups in total. The Morgan fingerprint density at radius 1 is 1.35 bits per heavy atom. The Balaban J connectivity index is 2.55. The number of rotatable bonds is 4. The van der Waals surface area contributed by atoms with Gasteiger partial charge in [0, 0.05) is 6.04 Å². The normalized spacial score (nSPS) is 29.3. The molecule has 1 saturated carbocycles. The van der Waals surface area contributed by atoms with Crippen LogP contribution in [-0.2, 0) is 4.74 Å². The van der Waals surface area contributed by atoms with Crippen molar-refractivity contribution in [2.24, 2.45) is 5.41 Å². The van der Waals surface area contributed by atoms with Crippen molar-refractivity contribution in [3.8, 4) is 0 Å². The van der Waals surface area contributed by atoms with Gasteiger partial charge in [-0.15, -0.1) is 0 Å². The van der Waals surface area contributed by atoms with Crippen molar-refractivity contribution < 1.29 is 17.9 Å². The molecule has 0 heterocycles. The molecule has 17 heavy (non-hydrogen) atoms. The van der Waals surface area contributed by atoms with Gasteiger partial charge in [0.2, 0.25) is 0 Å². The molecular weight excluding hydrogens is 231 g/mol. The molecule has 0 saturated heterocycles. The van der Waals surface area contributed by atoms with Crippen molar-refractivity contribution in [2.75, 3.05) is 13.2 Å². The first kappa shape index (κ1) is 14.8. The summed E-state index contributed by atoms with van der Waals surface area (Å²) < 4.78 is 41.6. The van der Waals surface area contributed by atoms with Gasteiger partial charge in [-0.2, -0.15) is 13.2 Å². The Kier molecular flexibility index (Phi) is 4.84. The van der Waals surface area contributed by atoms with Gasteiger partial charge in [0.1, 0.15) is 6.61 Å². The standard InChI is InChI=1S/C12H22F3NO/c1-4-16-9-5-6-11(2,3)7-10(9)17-8-12(13,14)15/h9-10,16H,4-8H2,1-3H3. The predicted molar refractivity (Wildman–Crippen MR) is 60.9 cm³/mol. The highest BCUT2D eigenvalue weighted by Gasteiger charge is 2.37. The molecule has 0 bridgehead atoms. The van der Waals surface area contributed by atoms with E-state index in [1.165, 1.54) is 0 Å². The van der Waals surface area contributed by atoms with E-state index in [4.69, 9.17) is 4.74 Å². The molecule has 0 spiro atoms. The van der Waals surface area contributed by atoms with Crippen molar-refractivity contribution in [2.45, 2.75) is 58.4 Å². The van der Waals surface area contributed by atoms with Crippen molar-refractivity contribution in [3.63, 3.8) is 0 Å². The molecule has 1 rings (SSSR count). The molecule has 1 aliphatic rings. The molecule has 1 aliphatic carbocycles. The summed E-state index contributed by atoms with van der Waals surface area (Å²) in [5, 5.41) is 3.22. The Morgan fingerprint density at radius 2 is 2.00 bits per heavy atom. The first-order valence-corrected chi connectivity index (χ1v) is 6.15. The third kappa shape index (κ3) is 5.25. The third-order valence-corrected chi connectivity index (χ3v) is 3.26. The second-order valence-corrected chi connectivity index (χ2v) is 5.54. The summed E-state index contributed by atoms with van der Waals surface area (Å²) in [4.78, 5) is 0. The summed E-state index contributed by atoms with van der Waals surface area (Å²) in [5.74, 6) is 0. The summed E-state index contributed by atoms with van der Waals surface area (Å²) in [6.45, 7) is 5.74. The lowest BCUT2D eigenvalue weighted by atomic mass is 9.74. The van der Waals surface area contributed by atoms with Crippen molar-refractivity contribution >= 4 is 0 Å². The average Bonchev–Trinajstić information content (AvgIpc) is 2.17. The largest absolute Gasteiger partial charge is 0.411 e. The Bertz CT molecular complexity index is 240. The van der Waals surface area contributed by atoms with Crippen LogP contribution >= 0.6 is 0 Å². The van der Waals surface area contributed by atoms with Crippen molar-refractivity contribution in [1.29, 1.82) is 0 Å². The van der Waals surface area contributed by atoms with E-state index in [0.717, 1.165) is 19.4 Å². The zero-order valence-corrected chi connectivity index (χ0v) is 10.7. The molecule has 0 aromatic heterocycles. The van der Waals surface area contributed by atoms with Crippen molar-refractivity contribution in [3.05, 3.63) is 0 Å². The smallest absolute Gasteiger partial charge is 0.367 e. The van der Waals surface area contributed by atoms with Gasteiger partial charge in [-0.3, -0.25) is 0 Å². The van der Waals surface area contributed by atoms with Gasteiger partial charge in [0.15, 0.2) is 0 Å². The second-order valence-electron chi connectivity index (χ2n) is 5.54. The van der Waals surface area contributed by atoms with E-state index in [9.17, 15) is 13.2 Å². The number of hydrogen-bond acceptors (Lipinski definition) is 2. The Morgan fingerprint density at radius 3 is 2.53 bits per heavy atom. The van der Waals surface area contributed by atoms with Crippen LogP contribution in [0.2, 0.25) is 0 Å². The highest BCUT2D eigenvalue weighted by molar-refractivity contribution is 4.89. The summed E-state index contributed by atoms with van der Waals surface area (Å²) in [6.07, 6.45) is -1.99. The summed E-state index contributed by atoms with van der Waals surface area (Å²) in [6, 6.07) is 0.0513. The minimum atomic E-state index is -4.24. The van der Waals surface area contributed by atoms with Crippen LogP contribution in [0.15, 0.2) is 0 Å². The lowest BCUT2D eigenvalue weighted by molar-refractivity contribution is -0.194. The van der Waals surface area contributed by atoms with E-state index in [-0.39, 0.29) is 17.6 Å². The Labute approximate surface area is 101 Å². The lowest BCUT2D eigenvalue weighted by Crippen LogP contribution is -2.48. The molecule has 102 valence electrons. The van der Waals surface area contributed by atoms with E-state index in [2.05, 4.69) is 19.2 Å². The van der Waals surface area contributed by atoms with Crippen LogP contribution in [0.5, 0.6) is 0 Å². The van der Waals surface area contributed by atoms with Crippen LogP contribution in [0.3, 0.4) is 0 Å². The minimum Gasteiger partial charge on any atom is -0.367 e. The van der Waals surface area contributed by atoms with Gasteiger partial charge in [-0.1, -0.05) is 20.8 Å². The van der Waals surface area contributed by atoms with E-state index < -0.39 is 12.8 Å². The van der Waals surface area contributed by atoms with Crippen LogP contribution in [0.4, 0.5) is 13.2 Å². The van der Waals surface area contributed by atoms with Gasteiger partial charge in [0.25, 0.3) is 0 Å². The Hall–Kier alpha value is -0.290. The SMILES string of the molecule is CCNC1CCC(C)(C)CC1OCC(F)(F)F. The molecule has 0 amide bonds. The summed E-state index contributed by atoms with van der Waals surface area (Å²) in [7, 11) is 0. The van der Waals surface area contributed by atoms with Crippen LogP contribution < -0.4 is 5.32 Å². The molecule has 0 aliphatic heterocycles. The van der Waals surface area contributed by atoms with Gasteiger partial charge < -0.3 is 10.1 Å². The first-order chi connectivity index (χ1) is 7.73. The molecule has 0 radical (unpaired) electrons. The van der Waals surface area contributed by atoms with Crippen LogP contribution in [0.25, 0.3) is 0 Å². The minimum absolute atomic E-state index is 0.0513. The maximum atomic E-state index is 12.2. The molecule has 2 unspecified atom stereocenters. The molecular formula is C12H22F3NO. The van der Waals surface area contributed by atoms with E-state index in [0.29, 0.717) is 6.42 Å². The molecule has 5 heteroatoms. The van der Waals surface area contributed by atoms with Crippen LogP contribution in [0.1, 0.15) is 40.0 Å². The topological polar surface area (TPSA) is 21.3 Å². The molecule has 1 fully saturated rings.